The number of hydrogen-bond acceptors (Lipinski definition) is 5. The van der Waals surface area contributed by atoms with Crippen molar-refractivity contribution in [3.63, 3.8) is 0 Å². The summed E-state index contributed by atoms with van der Waals surface area (Å²) < 4.78 is 0. The van der Waals surface area contributed by atoms with Gasteiger partial charge in [-0.1, -0.05) is 30.8 Å². The van der Waals surface area contributed by atoms with Crippen LogP contribution in [-0.2, 0) is 0 Å². The molecule has 1 aromatic heterocycles. The minimum absolute atomic E-state index is 0.0811. The Hall–Kier alpha value is -2.01. The second-order valence-corrected chi connectivity index (χ2v) is 9.28. The van der Waals surface area contributed by atoms with Crippen molar-refractivity contribution < 1.29 is 0 Å². The third kappa shape index (κ3) is 3.02. The Morgan fingerprint density at radius 1 is 1.11 bits per heavy atom. The Balaban J connectivity index is 1.53. The van der Waals surface area contributed by atoms with Gasteiger partial charge < -0.3 is 9.80 Å². The molecular formula is C22H26N4S. The van der Waals surface area contributed by atoms with Gasteiger partial charge in [-0.05, 0) is 55.2 Å². The van der Waals surface area contributed by atoms with E-state index in [0.717, 1.165) is 12.2 Å². The molecular weight excluding hydrogens is 352 g/mol. The normalized spacial score (nSPS) is 27.2. The van der Waals surface area contributed by atoms with E-state index in [1.54, 1.807) is 0 Å². The second-order valence-electron chi connectivity index (χ2n) is 7.87. The van der Waals surface area contributed by atoms with Crippen LogP contribution >= 0.6 is 11.8 Å². The molecule has 0 aliphatic carbocycles. The summed E-state index contributed by atoms with van der Waals surface area (Å²) in [5.74, 6) is 0. The maximum Gasteiger partial charge on any atom is 0.160 e. The van der Waals surface area contributed by atoms with Gasteiger partial charge in [-0.3, -0.25) is 9.98 Å². The monoisotopic (exact) mass is 378 g/mol. The Labute approximate surface area is 165 Å². The van der Waals surface area contributed by atoms with Crippen LogP contribution in [0.4, 0.5) is 5.69 Å². The summed E-state index contributed by atoms with van der Waals surface area (Å²) in [6.45, 7) is 7.99. The highest BCUT2D eigenvalue weighted by atomic mass is 32.2. The lowest BCUT2D eigenvalue weighted by Gasteiger charge is -2.29. The lowest BCUT2D eigenvalue weighted by molar-refractivity contribution is 0.320. The van der Waals surface area contributed by atoms with E-state index in [1.807, 2.05) is 24.0 Å². The van der Waals surface area contributed by atoms with Crippen LogP contribution in [0.25, 0.3) is 0 Å². The minimum Gasteiger partial charge on any atom is -0.372 e. The number of hydrogen-bond donors (Lipinski definition) is 0. The van der Waals surface area contributed by atoms with Crippen LogP contribution in [-0.4, -0.2) is 39.9 Å². The quantitative estimate of drug-likeness (QED) is 0.782. The van der Waals surface area contributed by atoms with Crippen molar-refractivity contribution in [1.29, 1.82) is 0 Å². The molecule has 0 saturated carbocycles. The summed E-state index contributed by atoms with van der Waals surface area (Å²) in [7, 11) is 0. The van der Waals surface area contributed by atoms with Crippen LogP contribution in [0.3, 0.4) is 0 Å². The molecule has 0 radical (unpaired) electrons. The molecule has 2 fully saturated rings. The zero-order chi connectivity index (χ0) is 18.4. The first-order valence-corrected chi connectivity index (χ1v) is 10.9. The minimum atomic E-state index is 0.0811. The zero-order valence-electron chi connectivity index (χ0n) is 16.0. The molecule has 0 N–H and O–H groups in total. The maximum absolute atomic E-state index is 5.10. The van der Waals surface area contributed by atoms with E-state index in [2.05, 4.69) is 59.0 Å². The van der Waals surface area contributed by atoms with Gasteiger partial charge in [0, 0.05) is 36.8 Å². The van der Waals surface area contributed by atoms with Crippen molar-refractivity contribution in [3.8, 4) is 0 Å². The van der Waals surface area contributed by atoms with E-state index in [4.69, 9.17) is 4.99 Å². The Kier molecular flexibility index (Phi) is 4.35. The van der Waals surface area contributed by atoms with E-state index in [9.17, 15) is 0 Å². The number of fused-ring (bicyclic) bond motifs is 1. The molecule has 5 heteroatoms. The molecule has 0 bridgehead atoms. The number of benzene rings is 1. The number of anilines is 1. The lowest BCUT2D eigenvalue weighted by atomic mass is 9.92. The van der Waals surface area contributed by atoms with Crippen LogP contribution in [0, 0.1) is 6.92 Å². The largest absolute Gasteiger partial charge is 0.372 e. The molecule has 2 aromatic rings. The summed E-state index contributed by atoms with van der Waals surface area (Å²) in [6, 6.07) is 13.5. The molecule has 4 nitrogen and oxygen atoms in total. The summed E-state index contributed by atoms with van der Waals surface area (Å²) in [4.78, 5) is 14.8. The molecule has 4 heterocycles. The molecule has 3 atom stereocenters. The van der Waals surface area contributed by atoms with Crippen molar-refractivity contribution in [1.82, 2.24) is 9.88 Å². The third-order valence-electron chi connectivity index (χ3n) is 5.92. The summed E-state index contributed by atoms with van der Waals surface area (Å²) in [5, 5.41) is 1.78. The van der Waals surface area contributed by atoms with E-state index in [1.165, 1.54) is 47.9 Å². The number of pyridine rings is 1. The van der Waals surface area contributed by atoms with Gasteiger partial charge in [-0.2, -0.15) is 0 Å². The van der Waals surface area contributed by atoms with Crippen LogP contribution in [0.1, 0.15) is 48.7 Å². The smallest absolute Gasteiger partial charge is 0.160 e. The fraction of sp³-hybridized carbons (Fsp3) is 0.455. The predicted molar refractivity (Wildman–Crippen MR) is 114 cm³/mol. The first kappa shape index (κ1) is 17.1. The first-order valence-electron chi connectivity index (χ1n) is 9.98. The fourth-order valence-corrected chi connectivity index (χ4v) is 5.71. The molecule has 2 saturated heterocycles. The maximum atomic E-state index is 5.10. The fourth-order valence-electron chi connectivity index (χ4n) is 4.62. The van der Waals surface area contributed by atoms with Crippen LogP contribution in [0.15, 0.2) is 47.6 Å². The Bertz CT molecular complexity index is 860. The molecule has 140 valence electrons. The van der Waals surface area contributed by atoms with Crippen molar-refractivity contribution >= 4 is 22.6 Å². The number of aryl methyl sites for hydroxylation is 1. The Morgan fingerprint density at radius 2 is 1.96 bits per heavy atom. The molecule has 3 aliphatic rings. The van der Waals surface area contributed by atoms with E-state index < -0.39 is 0 Å². The van der Waals surface area contributed by atoms with Crippen molar-refractivity contribution in [2.75, 3.05) is 24.5 Å². The van der Waals surface area contributed by atoms with E-state index >= 15 is 0 Å². The molecule has 0 unspecified atom stereocenters. The number of aromatic nitrogens is 1. The first-order chi connectivity index (χ1) is 13.2. The average Bonchev–Trinajstić information content (AvgIpc) is 3.39. The van der Waals surface area contributed by atoms with Crippen LogP contribution in [0.5, 0.6) is 0 Å². The predicted octanol–water partition coefficient (Wildman–Crippen LogP) is 4.58. The highest BCUT2D eigenvalue weighted by molar-refractivity contribution is 8.14. The van der Waals surface area contributed by atoms with E-state index in [0.29, 0.717) is 5.25 Å². The lowest BCUT2D eigenvalue weighted by Crippen LogP contribution is -2.29. The average molecular weight is 379 g/mol. The van der Waals surface area contributed by atoms with Gasteiger partial charge in [-0.25, -0.2) is 0 Å². The molecule has 3 aliphatic heterocycles. The molecule has 27 heavy (non-hydrogen) atoms. The number of nitrogens with zero attached hydrogens (tertiary/aromatic N) is 4. The van der Waals surface area contributed by atoms with Gasteiger partial charge in [0.15, 0.2) is 5.17 Å². The SMILES string of the molecule is Cc1cc(N2CCCC2)ccc1[C@@H]1[C@@H](c2ccccn2)N=C2S[C@@H](C)CN21. The third-order valence-corrected chi connectivity index (χ3v) is 7.03. The van der Waals surface area contributed by atoms with Gasteiger partial charge in [0.1, 0.15) is 6.04 Å². The molecule has 1 aromatic carbocycles. The van der Waals surface area contributed by atoms with Gasteiger partial charge in [0.25, 0.3) is 0 Å². The molecule has 0 spiro atoms. The van der Waals surface area contributed by atoms with Crippen molar-refractivity contribution in [3.05, 3.63) is 59.4 Å². The van der Waals surface area contributed by atoms with Gasteiger partial charge in [-0.15, -0.1) is 0 Å². The standard InChI is InChI=1S/C22H26N4S/c1-15-13-17(25-11-5-6-12-25)8-9-18(15)21-20(19-7-3-4-10-23-19)24-22-26(21)14-16(2)27-22/h3-4,7-10,13,16,20-21H,5-6,11-12,14H2,1-2H3/t16-,20+,21+/m0/s1. The Morgan fingerprint density at radius 3 is 2.70 bits per heavy atom. The zero-order valence-corrected chi connectivity index (χ0v) is 16.8. The highest BCUT2D eigenvalue weighted by Gasteiger charge is 2.44. The number of thioether (sulfide) groups is 1. The second kappa shape index (κ2) is 6.86. The van der Waals surface area contributed by atoms with Gasteiger partial charge >= 0.3 is 0 Å². The number of amidine groups is 1. The van der Waals surface area contributed by atoms with Gasteiger partial charge in [0.2, 0.25) is 0 Å². The summed E-state index contributed by atoms with van der Waals surface area (Å²) >= 11 is 1.90. The topological polar surface area (TPSA) is 31.7 Å². The van der Waals surface area contributed by atoms with Crippen LogP contribution < -0.4 is 4.90 Å². The highest BCUT2D eigenvalue weighted by Crippen LogP contribution is 2.48. The molecule has 5 rings (SSSR count). The number of rotatable bonds is 3. The van der Waals surface area contributed by atoms with Gasteiger partial charge in [0.05, 0.1) is 11.7 Å². The van der Waals surface area contributed by atoms with Crippen molar-refractivity contribution in [2.45, 2.75) is 44.0 Å². The summed E-state index contributed by atoms with van der Waals surface area (Å²) in [6.07, 6.45) is 4.51. The van der Waals surface area contributed by atoms with Crippen molar-refractivity contribution in [2.24, 2.45) is 4.99 Å². The van der Waals surface area contributed by atoms with E-state index in [-0.39, 0.29) is 12.1 Å². The number of aliphatic imine (C=N–C) groups is 1. The molecule has 0 amide bonds. The van der Waals surface area contributed by atoms with Crippen LogP contribution in [0.2, 0.25) is 0 Å². The summed E-state index contributed by atoms with van der Waals surface area (Å²) in [5.41, 5.74) is 5.19.